The molecular weight excluding hydrogens is 221 g/mol. The van der Waals surface area contributed by atoms with Crippen LogP contribution in [0.15, 0.2) is 36.7 Å². The van der Waals surface area contributed by atoms with Crippen molar-refractivity contribution in [2.45, 2.75) is 12.5 Å². The van der Waals surface area contributed by atoms with Gasteiger partial charge in [0.05, 0.1) is 11.9 Å². The predicted octanol–water partition coefficient (Wildman–Crippen LogP) is 1.47. The first-order valence-corrected chi connectivity index (χ1v) is 5.15. The van der Waals surface area contributed by atoms with Crippen LogP contribution in [0.2, 0.25) is 0 Å². The summed E-state index contributed by atoms with van der Waals surface area (Å²) in [6, 6.07) is 6.25. The molecule has 1 atom stereocenters. The number of pyridine rings is 2. The van der Waals surface area contributed by atoms with E-state index in [4.69, 9.17) is 5.73 Å². The molecule has 0 aliphatic rings. The molecule has 0 amide bonds. The lowest BCUT2D eigenvalue weighted by atomic mass is 10.1. The molecule has 0 saturated heterocycles. The van der Waals surface area contributed by atoms with E-state index in [1.165, 1.54) is 12.1 Å². The Balaban J connectivity index is 2.14. The Hall–Kier alpha value is -2.01. The van der Waals surface area contributed by atoms with Gasteiger partial charge in [-0.3, -0.25) is 4.98 Å². The lowest BCUT2D eigenvalue weighted by molar-refractivity contribution is 0.173. The molecule has 2 aromatic rings. The average Bonchev–Trinajstić information content (AvgIpc) is 2.33. The first-order chi connectivity index (χ1) is 8.16. The van der Waals surface area contributed by atoms with Gasteiger partial charge in [-0.25, -0.2) is 9.37 Å². The predicted molar refractivity (Wildman–Crippen MR) is 61.5 cm³/mol. The van der Waals surface area contributed by atoms with E-state index < -0.39 is 11.9 Å². The van der Waals surface area contributed by atoms with E-state index in [0.717, 1.165) is 11.8 Å². The van der Waals surface area contributed by atoms with E-state index in [1.54, 1.807) is 18.3 Å². The molecule has 0 spiro atoms. The van der Waals surface area contributed by atoms with Gasteiger partial charge in [0.1, 0.15) is 17.7 Å². The van der Waals surface area contributed by atoms with E-state index in [1.807, 2.05) is 0 Å². The van der Waals surface area contributed by atoms with Crippen LogP contribution >= 0.6 is 0 Å². The van der Waals surface area contributed by atoms with Crippen molar-refractivity contribution in [2.75, 3.05) is 5.73 Å². The lowest BCUT2D eigenvalue weighted by Crippen LogP contribution is -2.07. The fraction of sp³-hybridized carbons (Fsp3) is 0.167. The first-order valence-electron chi connectivity index (χ1n) is 5.15. The number of hydrogen-bond acceptors (Lipinski definition) is 4. The smallest absolute Gasteiger partial charge is 0.141 e. The van der Waals surface area contributed by atoms with E-state index >= 15 is 0 Å². The fourth-order valence-corrected chi connectivity index (χ4v) is 1.52. The van der Waals surface area contributed by atoms with Gasteiger partial charge in [-0.2, -0.15) is 0 Å². The number of anilines is 1. The highest BCUT2D eigenvalue weighted by molar-refractivity contribution is 5.39. The van der Waals surface area contributed by atoms with Gasteiger partial charge < -0.3 is 10.8 Å². The molecule has 0 fully saturated rings. The third kappa shape index (κ3) is 2.76. The molecule has 0 aliphatic carbocycles. The zero-order valence-electron chi connectivity index (χ0n) is 9.05. The molecule has 17 heavy (non-hydrogen) atoms. The Bertz CT molecular complexity index is 501. The monoisotopic (exact) mass is 233 g/mol. The number of aromatic nitrogens is 2. The molecule has 0 aliphatic heterocycles. The molecule has 0 aromatic carbocycles. The second-order valence-electron chi connectivity index (χ2n) is 3.67. The van der Waals surface area contributed by atoms with Crippen molar-refractivity contribution < 1.29 is 9.50 Å². The topological polar surface area (TPSA) is 72.0 Å². The number of hydrogen-bond donors (Lipinski definition) is 2. The number of aliphatic hydroxyl groups excluding tert-OH is 1. The minimum absolute atomic E-state index is 0.304. The van der Waals surface area contributed by atoms with Gasteiger partial charge in [0, 0.05) is 12.6 Å². The maximum Gasteiger partial charge on any atom is 0.141 e. The standard InChI is InChI=1S/C12H12FN3O/c13-9-3-4-10(16-7-9)11(17)6-8-2-1-5-15-12(8)14/h1-5,7,11,17H,6H2,(H2,14,15). The number of nitrogens with zero attached hydrogens (tertiary/aromatic N) is 2. The molecule has 2 aromatic heterocycles. The van der Waals surface area contributed by atoms with Gasteiger partial charge in [-0.05, 0) is 23.8 Å². The molecule has 88 valence electrons. The van der Waals surface area contributed by atoms with Crippen LogP contribution < -0.4 is 5.73 Å². The summed E-state index contributed by atoms with van der Waals surface area (Å²) in [7, 11) is 0. The Kier molecular flexibility index (Phi) is 3.30. The molecule has 5 heteroatoms. The van der Waals surface area contributed by atoms with E-state index in [-0.39, 0.29) is 0 Å². The summed E-state index contributed by atoms with van der Waals surface area (Å²) in [4.78, 5) is 7.74. The maximum absolute atomic E-state index is 12.7. The summed E-state index contributed by atoms with van der Waals surface area (Å²) >= 11 is 0. The molecule has 0 radical (unpaired) electrons. The Morgan fingerprint density at radius 2 is 2.12 bits per heavy atom. The quantitative estimate of drug-likeness (QED) is 0.842. The number of nitrogen functional groups attached to an aromatic ring is 1. The van der Waals surface area contributed by atoms with E-state index in [0.29, 0.717) is 17.9 Å². The van der Waals surface area contributed by atoms with Crippen LogP contribution in [0, 0.1) is 5.82 Å². The average molecular weight is 233 g/mol. The highest BCUT2D eigenvalue weighted by Gasteiger charge is 2.12. The van der Waals surface area contributed by atoms with Crippen LogP contribution in [0.25, 0.3) is 0 Å². The van der Waals surface area contributed by atoms with Gasteiger partial charge in [-0.1, -0.05) is 6.07 Å². The van der Waals surface area contributed by atoms with Crippen LogP contribution in [-0.4, -0.2) is 15.1 Å². The summed E-state index contributed by atoms with van der Waals surface area (Å²) in [6.07, 6.45) is 2.15. The van der Waals surface area contributed by atoms with Crippen molar-refractivity contribution in [3.63, 3.8) is 0 Å². The largest absolute Gasteiger partial charge is 0.386 e. The first kappa shape index (κ1) is 11.5. The molecule has 1 unspecified atom stereocenters. The minimum Gasteiger partial charge on any atom is -0.386 e. The second-order valence-corrected chi connectivity index (χ2v) is 3.67. The van der Waals surface area contributed by atoms with Gasteiger partial charge in [0.25, 0.3) is 0 Å². The number of nitrogens with two attached hydrogens (primary N) is 1. The fourth-order valence-electron chi connectivity index (χ4n) is 1.52. The Morgan fingerprint density at radius 1 is 1.29 bits per heavy atom. The normalized spacial score (nSPS) is 12.4. The molecule has 4 nitrogen and oxygen atoms in total. The number of halogens is 1. The molecule has 0 bridgehead atoms. The zero-order valence-corrected chi connectivity index (χ0v) is 9.05. The maximum atomic E-state index is 12.7. The van der Waals surface area contributed by atoms with Crippen LogP contribution in [0.4, 0.5) is 10.2 Å². The molecule has 3 N–H and O–H groups in total. The molecular formula is C12H12FN3O. The lowest BCUT2D eigenvalue weighted by Gasteiger charge is -2.11. The van der Waals surface area contributed by atoms with Gasteiger partial charge in [0.15, 0.2) is 0 Å². The number of aliphatic hydroxyl groups is 1. The third-order valence-electron chi connectivity index (χ3n) is 2.43. The molecule has 2 rings (SSSR count). The Morgan fingerprint density at radius 3 is 2.76 bits per heavy atom. The van der Waals surface area contributed by atoms with Crippen LogP contribution in [0.5, 0.6) is 0 Å². The summed E-state index contributed by atoms with van der Waals surface area (Å²) in [5.41, 5.74) is 6.82. The Labute approximate surface area is 98.0 Å². The SMILES string of the molecule is Nc1ncccc1CC(O)c1ccc(F)cn1. The van der Waals surface area contributed by atoms with Crippen molar-refractivity contribution in [2.24, 2.45) is 0 Å². The molecule has 2 heterocycles. The highest BCUT2D eigenvalue weighted by atomic mass is 19.1. The van der Waals surface area contributed by atoms with Crippen LogP contribution in [-0.2, 0) is 6.42 Å². The number of rotatable bonds is 3. The van der Waals surface area contributed by atoms with Crippen molar-refractivity contribution in [3.8, 4) is 0 Å². The van der Waals surface area contributed by atoms with Gasteiger partial charge in [0.2, 0.25) is 0 Å². The van der Waals surface area contributed by atoms with E-state index in [2.05, 4.69) is 9.97 Å². The summed E-state index contributed by atoms with van der Waals surface area (Å²) in [5.74, 6) is -0.0458. The summed E-state index contributed by atoms with van der Waals surface area (Å²) in [6.45, 7) is 0. The summed E-state index contributed by atoms with van der Waals surface area (Å²) in [5, 5.41) is 9.92. The molecule has 0 saturated carbocycles. The van der Waals surface area contributed by atoms with Crippen LogP contribution in [0.3, 0.4) is 0 Å². The third-order valence-corrected chi connectivity index (χ3v) is 2.43. The van der Waals surface area contributed by atoms with Crippen molar-refractivity contribution in [1.29, 1.82) is 0 Å². The van der Waals surface area contributed by atoms with Gasteiger partial charge in [-0.15, -0.1) is 0 Å². The van der Waals surface area contributed by atoms with Crippen molar-refractivity contribution >= 4 is 5.82 Å². The van der Waals surface area contributed by atoms with Crippen molar-refractivity contribution in [3.05, 3.63) is 53.7 Å². The second kappa shape index (κ2) is 4.88. The van der Waals surface area contributed by atoms with Crippen LogP contribution in [0.1, 0.15) is 17.4 Å². The van der Waals surface area contributed by atoms with Gasteiger partial charge >= 0.3 is 0 Å². The summed E-state index contributed by atoms with van der Waals surface area (Å²) < 4.78 is 12.7. The zero-order chi connectivity index (χ0) is 12.3. The highest BCUT2D eigenvalue weighted by Crippen LogP contribution is 2.19. The van der Waals surface area contributed by atoms with E-state index in [9.17, 15) is 9.50 Å². The minimum atomic E-state index is -0.818. The van der Waals surface area contributed by atoms with Crippen molar-refractivity contribution in [1.82, 2.24) is 9.97 Å².